The molecule has 0 fully saturated rings. The van der Waals surface area contributed by atoms with Crippen LogP contribution in [0.2, 0.25) is 0 Å². The summed E-state index contributed by atoms with van der Waals surface area (Å²) in [5.41, 5.74) is 0.666. The van der Waals surface area contributed by atoms with Gasteiger partial charge in [-0.3, -0.25) is 4.79 Å². The quantitative estimate of drug-likeness (QED) is 0.858. The zero-order valence-electron chi connectivity index (χ0n) is 12.1. The number of nitrogens with zero attached hydrogens (tertiary/aromatic N) is 1. The molecule has 0 atom stereocenters. The second kappa shape index (κ2) is 7.66. The highest BCUT2D eigenvalue weighted by molar-refractivity contribution is 5.96. The lowest BCUT2D eigenvalue weighted by Gasteiger charge is -2.19. The molecule has 0 saturated carbocycles. The average Bonchev–Trinajstić information content (AvgIpc) is 2.42. The standard InChI is InChI=1S/C16H20FNO2/c1-12(2)8-9-18(3)16(20)15-11-14(17)7-6-13(15)5-4-10-19/h6-7,11-12,19H,8-10H2,1-3H3. The minimum absolute atomic E-state index is 0.234. The zero-order chi connectivity index (χ0) is 15.1. The Balaban J connectivity index is 2.98. The second-order valence-electron chi connectivity index (χ2n) is 5.06. The fourth-order valence-corrected chi connectivity index (χ4v) is 1.70. The molecule has 0 bridgehead atoms. The number of aliphatic hydroxyl groups excluding tert-OH is 1. The van der Waals surface area contributed by atoms with Gasteiger partial charge >= 0.3 is 0 Å². The summed E-state index contributed by atoms with van der Waals surface area (Å²) in [7, 11) is 1.69. The van der Waals surface area contributed by atoms with E-state index >= 15 is 0 Å². The van der Waals surface area contributed by atoms with Gasteiger partial charge in [0.05, 0.1) is 5.56 Å². The van der Waals surface area contributed by atoms with Crippen molar-refractivity contribution in [1.29, 1.82) is 0 Å². The van der Waals surface area contributed by atoms with Gasteiger partial charge in [-0.1, -0.05) is 25.7 Å². The fourth-order valence-electron chi connectivity index (χ4n) is 1.70. The molecule has 1 rings (SSSR count). The molecule has 0 saturated heterocycles. The molecule has 0 spiro atoms. The lowest BCUT2D eigenvalue weighted by molar-refractivity contribution is 0.0788. The second-order valence-corrected chi connectivity index (χ2v) is 5.06. The molecule has 20 heavy (non-hydrogen) atoms. The van der Waals surface area contributed by atoms with Gasteiger partial charge in [0.2, 0.25) is 0 Å². The van der Waals surface area contributed by atoms with Crippen LogP contribution in [0, 0.1) is 23.6 Å². The third-order valence-electron chi connectivity index (χ3n) is 2.90. The van der Waals surface area contributed by atoms with Gasteiger partial charge in [0.15, 0.2) is 0 Å². The summed E-state index contributed by atoms with van der Waals surface area (Å²) in [6.07, 6.45) is 0.884. The number of carbonyl (C=O) groups is 1. The van der Waals surface area contributed by atoms with Gasteiger partial charge in [0.1, 0.15) is 12.4 Å². The van der Waals surface area contributed by atoms with Crippen LogP contribution in [0.1, 0.15) is 36.2 Å². The monoisotopic (exact) mass is 277 g/mol. The first-order chi connectivity index (χ1) is 9.45. The van der Waals surface area contributed by atoms with Gasteiger partial charge in [-0.2, -0.15) is 0 Å². The van der Waals surface area contributed by atoms with Crippen LogP contribution >= 0.6 is 0 Å². The van der Waals surface area contributed by atoms with E-state index in [2.05, 4.69) is 25.7 Å². The maximum Gasteiger partial charge on any atom is 0.254 e. The predicted molar refractivity (Wildman–Crippen MR) is 76.8 cm³/mol. The largest absolute Gasteiger partial charge is 0.384 e. The van der Waals surface area contributed by atoms with Crippen molar-refractivity contribution < 1.29 is 14.3 Å². The molecule has 1 aromatic carbocycles. The van der Waals surface area contributed by atoms with Crippen LogP contribution in [0.5, 0.6) is 0 Å². The lowest BCUT2D eigenvalue weighted by Crippen LogP contribution is -2.29. The summed E-state index contributed by atoms with van der Waals surface area (Å²) < 4.78 is 13.3. The van der Waals surface area contributed by atoms with Crippen molar-refractivity contribution in [3.05, 3.63) is 35.1 Å². The molecule has 0 aliphatic heterocycles. The first-order valence-electron chi connectivity index (χ1n) is 6.60. The third kappa shape index (κ3) is 4.67. The van der Waals surface area contributed by atoms with Gasteiger partial charge in [-0.25, -0.2) is 4.39 Å². The Labute approximate surface area is 119 Å². The van der Waals surface area contributed by atoms with E-state index in [4.69, 9.17) is 5.11 Å². The maximum atomic E-state index is 13.3. The first kappa shape index (κ1) is 16.2. The number of carbonyl (C=O) groups excluding carboxylic acids is 1. The Hall–Kier alpha value is -1.86. The molecule has 0 radical (unpaired) electrons. The SMILES string of the molecule is CC(C)CCN(C)C(=O)c1cc(F)ccc1C#CCO. The molecule has 3 nitrogen and oxygen atoms in total. The molecule has 1 N–H and O–H groups in total. The van der Waals surface area contributed by atoms with Crippen molar-refractivity contribution in [2.75, 3.05) is 20.2 Å². The predicted octanol–water partition coefficient (Wildman–Crippen LogP) is 2.29. The van der Waals surface area contributed by atoms with Crippen LogP contribution in [-0.4, -0.2) is 36.1 Å². The van der Waals surface area contributed by atoms with Gasteiger partial charge in [-0.15, -0.1) is 0 Å². The number of halogens is 1. The van der Waals surface area contributed by atoms with Crippen LogP contribution in [-0.2, 0) is 0 Å². The van der Waals surface area contributed by atoms with Crippen molar-refractivity contribution in [2.24, 2.45) is 5.92 Å². The topological polar surface area (TPSA) is 40.5 Å². The van der Waals surface area contributed by atoms with E-state index in [9.17, 15) is 9.18 Å². The number of benzene rings is 1. The highest BCUT2D eigenvalue weighted by Gasteiger charge is 2.16. The molecular formula is C16H20FNO2. The van der Waals surface area contributed by atoms with Gasteiger partial charge in [0.25, 0.3) is 5.91 Å². The summed E-state index contributed by atoms with van der Waals surface area (Å²) in [6.45, 7) is 4.48. The first-order valence-corrected chi connectivity index (χ1v) is 6.60. The summed E-state index contributed by atoms with van der Waals surface area (Å²) in [5.74, 6) is 4.92. The molecule has 1 amide bonds. The number of hydrogen-bond donors (Lipinski definition) is 1. The van der Waals surface area contributed by atoms with E-state index < -0.39 is 5.82 Å². The minimum atomic E-state index is -0.472. The molecule has 108 valence electrons. The third-order valence-corrected chi connectivity index (χ3v) is 2.90. The maximum absolute atomic E-state index is 13.3. The molecule has 0 aromatic heterocycles. The van der Waals surface area contributed by atoms with Crippen molar-refractivity contribution >= 4 is 5.91 Å². The van der Waals surface area contributed by atoms with Crippen LogP contribution in [0.3, 0.4) is 0 Å². The van der Waals surface area contributed by atoms with Crippen molar-refractivity contribution in [3.8, 4) is 11.8 Å². The van der Waals surface area contributed by atoms with Crippen molar-refractivity contribution in [1.82, 2.24) is 4.90 Å². The van der Waals surface area contributed by atoms with Gasteiger partial charge in [-0.05, 0) is 30.5 Å². The van der Waals surface area contributed by atoms with E-state index in [0.717, 1.165) is 6.42 Å². The smallest absolute Gasteiger partial charge is 0.254 e. The number of rotatable bonds is 4. The molecule has 0 unspecified atom stereocenters. The molecule has 0 aliphatic rings. The Morgan fingerprint density at radius 3 is 2.75 bits per heavy atom. The number of amides is 1. The Morgan fingerprint density at radius 2 is 2.15 bits per heavy atom. The molecule has 4 heteroatoms. The number of hydrogen-bond acceptors (Lipinski definition) is 2. The normalized spacial score (nSPS) is 10.1. The van der Waals surface area contributed by atoms with Crippen molar-refractivity contribution in [3.63, 3.8) is 0 Å². The zero-order valence-corrected chi connectivity index (χ0v) is 12.1. The van der Waals surface area contributed by atoms with E-state index in [1.54, 1.807) is 11.9 Å². The lowest BCUT2D eigenvalue weighted by atomic mass is 10.1. The van der Waals surface area contributed by atoms with Crippen molar-refractivity contribution in [2.45, 2.75) is 20.3 Å². The molecule has 0 heterocycles. The fraction of sp³-hybridized carbons (Fsp3) is 0.438. The van der Waals surface area contributed by atoms with Crippen LogP contribution in [0.4, 0.5) is 4.39 Å². The van der Waals surface area contributed by atoms with Crippen LogP contribution in [0.15, 0.2) is 18.2 Å². The average molecular weight is 277 g/mol. The minimum Gasteiger partial charge on any atom is -0.384 e. The Bertz CT molecular complexity index is 529. The Kier molecular flexibility index (Phi) is 6.20. The highest BCUT2D eigenvalue weighted by Crippen LogP contribution is 2.13. The molecule has 1 aromatic rings. The van der Waals surface area contributed by atoms with E-state index in [0.29, 0.717) is 18.0 Å². The molecular weight excluding hydrogens is 257 g/mol. The van der Waals surface area contributed by atoms with Gasteiger partial charge in [0, 0.05) is 19.2 Å². The number of aliphatic hydroxyl groups is 1. The summed E-state index contributed by atoms with van der Waals surface area (Å²) >= 11 is 0. The van der Waals surface area contributed by atoms with Gasteiger partial charge < -0.3 is 10.0 Å². The van der Waals surface area contributed by atoms with E-state index in [1.807, 2.05) is 0 Å². The summed E-state index contributed by atoms with van der Waals surface area (Å²) in [5, 5.41) is 8.72. The van der Waals surface area contributed by atoms with Crippen LogP contribution in [0.25, 0.3) is 0 Å². The molecule has 0 aliphatic carbocycles. The summed E-state index contributed by atoms with van der Waals surface area (Å²) in [4.78, 5) is 13.9. The Morgan fingerprint density at radius 1 is 1.45 bits per heavy atom. The van der Waals surface area contributed by atoms with Crippen LogP contribution < -0.4 is 0 Å². The van der Waals surface area contributed by atoms with E-state index in [-0.39, 0.29) is 18.1 Å². The summed E-state index contributed by atoms with van der Waals surface area (Å²) in [6, 6.07) is 3.91. The highest BCUT2D eigenvalue weighted by atomic mass is 19.1. The van der Waals surface area contributed by atoms with E-state index in [1.165, 1.54) is 18.2 Å².